The van der Waals surface area contributed by atoms with Crippen LogP contribution in [-0.2, 0) is 4.79 Å². The van der Waals surface area contributed by atoms with Gasteiger partial charge in [-0.1, -0.05) is 12.1 Å². The molecule has 0 spiro atoms. The first-order valence-corrected chi connectivity index (χ1v) is 7.40. The highest BCUT2D eigenvalue weighted by atomic mass is 16.6. The van der Waals surface area contributed by atoms with Crippen LogP contribution in [-0.4, -0.2) is 49.0 Å². The van der Waals surface area contributed by atoms with Crippen molar-refractivity contribution < 1.29 is 14.5 Å². The number of para-hydroxylation sites is 2. The molecule has 0 bridgehead atoms. The number of carbonyl (C=O) groups is 1. The van der Waals surface area contributed by atoms with Crippen molar-refractivity contribution >= 4 is 11.6 Å². The van der Waals surface area contributed by atoms with Gasteiger partial charge in [0.25, 0.3) is 5.91 Å². The minimum atomic E-state index is -0.510. The first-order valence-electron chi connectivity index (χ1n) is 7.40. The Balaban J connectivity index is 1.91. The zero-order valence-electron chi connectivity index (χ0n) is 12.7. The number of likely N-dealkylation sites (tertiary alicyclic amines) is 1. The number of piperidine rings is 1. The number of carbonyl (C=O) groups excluding carboxylic acids is 1. The molecular formula is C15H21N3O4. The molecule has 1 saturated heterocycles. The molecule has 1 heterocycles. The van der Waals surface area contributed by atoms with E-state index in [9.17, 15) is 14.9 Å². The summed E-state index contributed by atoms with van der Waals surface area (Å²) < 4.78 is 5.36. The Kier molecular flexibility index (Phi) is 5.71. The SMILES string of the molecule is CNCC1CCCN(C(=O)COc2ccccc2[N+](=O)[O-])C1. The Labute approximate surface area is 129 Å². The molecule has 1 N–H and O–H groups in total. The quantitative estimate of drug-likeness (QED) is 0.635. The Morgan fingerprint density at radius 2 is 2.27 bits per heavy atom. The molecule has 0 radical (unpaired) electrons. The van der Waals surface area contributed by atoms with Crippen LogP contribution in [0.2, 0.25) is 0 Å². The van der Waals surface area contributed by atoms with E-state index in [1.54, 1.807) is 17.0 Å². The molecule has 22 heavy (non-hydrogen) atoms. The van der Waals surface area contributed by atoms with Gasteiger partial charge in [0.2, 0.25) is 0 Å². The van der Waals surface area contributed by atoms with Gasteiger partial charge in [-0.15, -0.1) is 0 Å². The summed E-state index contributed by atoms with van der Waals surface area (Å²) in [7, 11) is 1.90. The number of nitro groups is 1. The molecule has 1 aromatic carbocycles. The third-order valence-electron chi connectivity index (χ3n) is 3.78. The number of amides is 1. The van der Waals surface area contributed by atoms with Gasteiger partial charge in [0.05, 0.1) is 4.92 Å². The lowest BCUT2D eigenvalue weighted by atomic mass is 9.98. The van der Waals surface area contributed by atoms with E-state index >= 15 is 0 Å². The van der Waals surface area contributed by atoms with Crippen LogP contribution in [0.25, 0.3) is 0 Å². The zero-order valence-corrected chi connectivity index (χ0v) is 12.7. The van der Waals surface area contributed by atoms with E-state index < -0.39 is 4.92 Å². The first kappa shape index (κ1) is 16.2. The second kappa shape index (κ2) is 7.74. The number of rotatable bonds is 6. The lowest BCUT2D eigenvalue weighted by Gasteiger charge is -2.32. The van der Waals surface area contributed by atoms with Crippen LogP contribution in [0.1, 0.15) is 12.8 Å². The monoisotopic (exact) mass is 307 g/mol. The molecular weight excluding hydrogens is 286 g/mol. The summed E-state index contributed by atoms with van der Waals surface area (Å²) in [5.41, 5.74) is -0.123. The first-order chi connectivity index (χ1) is 10.6. The van der Waals surface area contributed by atoms with E-state index in [1.807, 2.05) is 7.05 Å². The number of nitrogens with one attached hydrogen (secondary N) is 1. The van der Waals surface area contributed by atoms with Crippen molar-refractivity contribution in [1.29, 1.82) is 0 Å². The number of hydrogen-bond donors (Lipinski definition) is 1. The molecule has 0 aliphatic carbocycles. The van der Waals surface area contributed by atoms with Crippen molar-refractivity contribution in [1.82, 2.24) is 10.2 Å². The largest absolute Gasteiger partial charge is 0.477 e. The Morgan fingerprint density at radius 3 is 3.00 bits per heavy atom. The van der Waals surface area contributed by atoms with Crippen LogP contribution in [0.3, 0.4) is 0 Å². The standard InChI is InChI=1S/C15H21N3O4/c1-16-9-12-5-4-8-17(10-12)15(19)11-22-14-7-3-2-6-13(14)18(20)21/h2-3,6-7,12,16H,4-5,8-11H2,1H3. The average molecular weight is 307 g/mol. The summed E-state index contributed by atoms with van der Waals surface area (Å²) in [6.07, 6.45) is 2.08. The molecule has 7 nitrogen and oxygen atoms in total. The minimum Gasteiger partial charge on any atom is -0.477 e. The molecule has 0 aromatic heterocycles. The van der Waals surface area contributed by atoms with Crippen LogP contribution in [0, 0.1) is 16.0 Å². The summed E-state index contributed by atoms with van der Waals surface area (Å²) in [4.78, 5) is 24.4. The maximum atomic E-state index is 12.2. The molecule has 1 unspecified atom stereocenters. The van der Waals surface area contributed by atoms with Crippen molar-refractivity contribution in [2.45, 2.75) is 12.8 Å². The lowest BCUT2D eigenvalue weighted by Crippen LogP contribution is -2.44. The number of hydrogen-bond acceptors (Lipinski definition) is 5. The molecule has 2 rings (SSSR count). The van der Waals surface area contributed by atoms with Gasteiger partial charge in [-0.25, -0.2) is 0 Å². The molecule has 120 valence electrons. The molecule has 1 aliphatic rings. The number of nitro benzene ring substituents is 1. The van der Waals surface area contributed by atoms with Crippen LogP contribution >= 0.6 is 0 Å². The smallest absolute Gasteiger partial charge is 0.310 e. The maximum Gasteiger partial charge on any atom is 0.310 e. The molecule has 1 amide bonds. The van der Waals surface area contributed by atoms with E-state index in [-0.39, 0.29) is 24.0 Å². The van der Waals surface area contributed by atoms with Gasteiger partial charge < -0.3 is 15.0 Å². The normalized spacial score (nSPS) is 18.0. The summed E-state index contributed by atoms with van der Waals surface area (Å²) in [5.74, 6) is 0.456. The van der Waals surface area contributed by atoms with Gasteiger partial charge in [0.1, 0.15) is 0 Å². The number of benzene rings is 1. The Hall–Kier alpha value is -2.15. The molecule has 1 aromatic rings. The van der Waals surface area contributed by atoms with Crippen LogP contribution in [0.15, 0.2) is 24.3 Å². The van der Waals surface area contributed by atoms with E-state index in [0.717, 1.165) is 25.9 Å². The highest BCUT2D eigenvalue weighted by Crippen LogP contribution is 2.26. The Bertz CT molecular complexity index is 533. The summed E-state index contributed by atoms with van der Waals surface area (Å²) >= 11 is 0. The molecule has 1 atom stereocenters. The van der Waals surface area contributed by atoms with E-state index in [2.05, 4.69) is 5.32 Å². The van der Waals surface area contributed by atoms with E-state index in [1.165, 1.54) is 12.1 Å². The zero-order chi connectivity index (χ0) is 15.9. The van der Waals surface area contributed by atoms with Crippen LogP contribution in [0.5, 0.6) is 5.75 Å². The number of ether oxygens (including phenoxy) is 1. The fourth-order valence-electron chi connectivity index (χ4n) is 2.71. The number of nitrogens with zero attached hydrogens (tertiary/aromatic N) is 2. The van der Waals surface area contributed by atoms with Crippen molar-refractivity contribution in [2.75, 3.05) is 33.3 Å². The van der Waals surface area contributed by atoms with Crippen molar-refractivity contribution in [3.8, 4) is 5.75 Å². The molecule has 0 saturated carbocycles. The third-order valence-corrected chi connectivity index (χ3v) is 3.78. The molecule has 1 fully saturated rings. The van der Waals surface area contributed by atoms with Crippen molar-refractivity contribution in [3.63, 3.8) is 0 Å². The predicted molar refractivity (Wildman–Crippen MR) is 81.8 cm³/mol. The van der Waals surface area contributed by atoms with Gasteiger partial charge in [0.15, 0.2) is 12.4 Å². The third kappa shape index (κ3) is 4.17. The van der Waals surface area contributed by atoms with E-state index in [0.29, 0.717) is 12.5 Å². The van der Waals surface area contributed by atoms with Crippen LogP contribution < -0.4 is 10.1 Å². The average Bonchev–Trinajstić information content (AvgIpc) is 2.53. The summed E-state index contributed by atoms with van der Waals surface area (Å²) in [5, 5.41) is 14.0. The van der Waals surface area contributed by atoms with Crippen LogP contribution in [0.4, 0.5) is 5.69 Å². The van der Waals surface area contributed by atoms with Gasteiger partial charge in [-0.3, -0.25) is 14.9 Å². The summed E-state index contributed by atoms with van der Waals surface area (Å²) in [6, 6.07) is 6.09. The Morgan fingerprint density at radius 1 is 1.50 bits per heavy atom. The van der Waals surface area contributed by atoms with Gasteiger partial charge >= 0.3 is 5.69 Å². The fraction of sp³-hybridized carbons (Fsp3) is 0.533. The molecule has 7 heteroatoms. The second-order valence-electron chi connectivity index (χ2n) is 5.42. The maximum absolute atomic E-state index is 12.2. The predicted octanol–water partition coefficient (Wildman–Crippen LogP) is 1.43. The highest BCUT2D eigenvalue weighted by Gasteiger charge is 2.24. The van der Waals surface area contributed by atoms with Gasteiger partial charge in [0, 0.05) is 19.2 Å². The topological polar surface area (TPSA) is 84.7 Å². The lowest BCUT2D eigenvalue weighted by molar-refractivity contribution is -0.385. The van der Waals surface area contributed by atoms with Crippen molar-refractivity contribution in [3.05, 3.63) is 34.4 Å². The van der Waals surface area contributed by atoms with Gasteiger partial charge in [-0.2, -0.15) is 0 Å². The second-order valence-corrected chi connectivity index (χ2v) is 5.42. The fourth-order valence-corrected chi connectivity index (χ4v) is 2.71. The van der Waals surface area contributed by atoms with Gasteiger partial charge in [-0.05, 0) is 38.4 Å². The molecule has 1 aliphatic heterocycles. The summed E-state index contributed by atoms with van der Waals surface area (Å²) in [6.45, 7) is 2.14. The minimum absolute atomic E-state index is 0.123. The highest BCUT2D eigenvalue weighted by molar-refractivity contribution is 5.78. The van der Waals surface area contributed by atoms with E-state index in [4.69, 9.17) is 4.74 Å². The van der Waals surface area contributed by atoms with Crippen molar-refractivity contribution in [2.24, 2.45) is 5.92 Å².